The molecule has 1 fully saturated rings. The van der Waals surface area contributed by atoms with Crippen molar-refractivity contribution in [1.29, 1.82) is 0 Å². The summed E-state index contributed by atoms with van der Waals surface area (Å²) < 4.78 is 0. The summed E-state index contributed by atoms with van der Waals surface area (Å²) in [7, 11) is 0. The van der Waals surface area contributed by atoms with Gasteiger partial charge in [0.25, 0.3) is 0 Å². The molecule has 1 amide bonds. The summed E-state index contributed by atoms with van der Waals surface area (Å²) in [5, 5.41) is 3.55. The van der Waals surface area contributed by atoms with Gasteiger partial charge in [0.2, 0.25) is 5.91 Å². The second-order valence-electron chi connectivity index (χ2n) is 4.72. The molecule has 1 N–H and O–H groups in total. The SMILES string of the molecule is O=C(CCC1CCCC1)Nc1ncc(Cl)cc1Cl. The van der Waals surface area contributed by atoms with Crippen LogP contribution in [0.4, 0.5) is 5.82 Å². The molecule has 1 aromatic heterocycles. The van der Waals surface area contributed by atoms with Crippen molar-refractivity contribution in [3.63, 3.8) is 0 Å². The Morgan fingerprint density at radius 2 is 2.11 bits per heavy atom. The van der Waals surface area contributed by atoms with Crippen LogP contribution in [0.2, 0.25) is 10.0 Å². The third-order valence-corrected chi connectivity index (χ3v) is 3.81. The van der Waals surface area contributed by atoms with Crippen molar-refractivity contribution in [1.82, 2.24) is 4.98 Å². The maximum absolute atomic E-state index is 11.8. The van der Waals surface area contributed by atoms with Crippen molar-refractivity contribution in [2.75, 3.05) is 5.32 Å². The minimum atomic E-state index is -0.0291. The molecule has 3 nitrogen and oxygen atoms in total. The Labute approximate surface area is 117 Å². The lowest BCUT2D eigenvalue weighted by molar-refractivity contribution is -0.116. The number of nitrogens with one attached hydrogen (secondary N) is 1. The number of anilines is 1. The molecule has 98 valence electrons. The van der Waals surface area contributed by atoms with Crippen LogP contribution in [0.15, 0.2) is 12.3 Å². The Morgan fingerprint density at radius 1 is 1.39 bits per heavy atom. The largest absolute Gasteiger partial charge is 0.309 e. The Morgan fingerprint density at radius 3 is 2.78 bits per heavy atom. The van der Waals surface area contributed by atoms with Gasteiger partial charge in [0.1, 0.15) is 0 Å². The second-order valence-corrected chi connectivity index (χ2v) is 5.56. The second kappa shape index (κ2) is 6.39. The van der Waals surface area contributed by atoms with Gasteiger partial charge in [-0.1, -0.05) is 48.9 Å². The highest BCUT2D eigenvalue weighted by Gasteiger charge is 2.16. The predicted molar refractivity (Wildman–Crippen MR) is 74.1 cm³/mol. The smallest absolute Gasteiger partial charge is 0.225 e. The van der Waals surface area contributed by atoms with Crippen molar-refractivity contribution < 1.29 is 4.79 Å². The summed E-state index contributed by atoms with van der Waals surface area (Å²) in [4.78, 5) is 15.8. The van der Waals surface area contributed by atoms with Gasteiger partial charge < -0.3 is 5.32 Å². The first-order valence-corrected chi connectivity index (χ1v) is 7.01. The zero-order valence-corrected chi connectivity index (χ0v) is 11.6. The molecule has 1 saturated carbocycles. The number of carbonyl (C=O) groups is 1. The third-order valence-electron chi connectivity index (χ3n) is 3.32. The standard InChI is InChI=1S/C13H16Cl2N2O/c14-10-7-11(15)13(16-8-10)17-12(18)6-5-9-3-1-2-4-9/h7-9H,1-6H2,(H,16,17,18). The number of halogens is 2. The molecule has 0 saturated heterocycles. The summed E-state index contributed by atoms with van der Waals surface area (Å²) in [5.74, 6) is 1.07. The lowest BCUT2D eigenvalue weighted by Crippen LogP contribution is -2.14. The van der Waals surface area contributed by atoms with Crippen LogP contribution in [0.25, 0.3) is 0 Å². The summed E-state index contributed by atoms with van der Waals surface area (Å²) >= 11 is 11.7. The van der Waals surface area contributed by atoms with E-state index in [0.717, 1.165) is 6.42 Å². The van der Waals surface area contributed by atoms with Crippen LogP contribution in [0.5, 0.6) is 0 Å². The van der Waals surface area contributed by atoms with Gasteiger partial charge in [0.15, 0.2) is 5.82 Å². The van der Waals surface area contributed by atoms with E-state index in [1.54, 1.807) is 6.07 Å². The molecule has 18 heavy (non-hydrogen) atoms. The number of carbonyl (C=O) groups excluding carboxylic acids is 1. The fourth-order valence-electron chi connectivity index (χ4n) is 2.34. The normalized spacial score (nSPS) is 15.9. The number of rotatable bonds is 4. The maximum Gasteiger partial charge on any atom is 0.225 e. The van der Waals surface area contributed by atoms with Crippen molar-refractivity contribution in [3.05, 3.63) is 22.3 Å². The molecule has 1 heterocycles. The molecule has 0 atom stereocenters. The molecule has 0 bridgehead atoms. The average Bonchev–Trinajstić information content (AvgIpc) is 2.83. The van der Waals surface area contributed by atoms with Gasteiger partial charge in [-0.05, 0) is 18.4 Å². The highest BCUT2D eigenvalue weighted by molar-refractivity contribution is 6.36. The fourth-order valence-corrected chi connectivity index (χ4v) is 2.76. The Hall–Kier alpha value is -0.800. The van der Waals surface area contributed by atoms with Crippen molar-refractivity contribution in [2.24, 2.45) is 5.92 Å². The van der Waals surface area contributed by atoms with Gasteiger partial charge in [0.05, 0.1) is 10.0 Å². The molecule has 1 aliphatic carbocycles. The van der Waals surface area contributed by atoms with Crippen molar-refractivity contribution in [3.8, 4) is 0 Å². The molecule has 0 radical (unpaired) electrons. The van der Waals surface area contributed by atoms with Gasteiger partial charge in [0, 0.05) is 12.6 Å². The van der Waals surface area contributed by atoms with Crippen LogP contribution in [-0.2, 0) is 4.79 Å². The van der Waals surface area contributed by atoms with Gasteiger partial charge in [-0.2, -0.15) is 0 Å². The Balaban J connectivity index is 1.82. The maximum atomic E-state index is 11.8. The number of hydrogen-bond donors (Lipinski definition) is 1. The average molecular weight is 287 g/mol. The molecule has 0 unspecified atom stereocenters. The van der Waals surface area contributed by atoms with Crippen LogP contribution < -0.4 is 5.32 Å². The van der Waals surface area contributed by atoms with E-state index in [9.17, 15) is 4.79 Å². The van der Waals surface area contributed by atoms with Crippen LogP contribution in [0, 0.1) is 5.92 Å². The first-order chi connectivity index (χ1) is 8.65. The number of amides is 1. The molecule has 1 aromatic rings. The highest BCUT2D eigenvalue weighted by Crippen LogP contribution is 2.29. The van der Waals surface area contributed by atoms with E-state index >= 15 is 0 Å². The predicted octanol–water partition coefficient (Wildman–Crippen LogP) is 4.30. The third kappa shape index (κ3) is 3.85. The fraction of sp³-hybridized carbons (Fsp3) is 0.538. The van der Waals surface area contributed by atoms with E-state index in [0.29, 0.717) is 28.2 Å². The summed E-state index contributed by atoms with van der Waals surface area (Å²) in [5.41, 5.74) is 0. The summed E-state index contributed by atoms with van der Waals surface area (Å²) in [6, 6.07) is 1.57. The number of nitrogens with zero attached hydrogens (tertiary/aromatic N) is 1. The zero-order chi connectivity index (χ0) is 13.0. The molecule has 5 heteroatoms. The van der Waals surface area contributed by atoms with Gasteiger partial charge in [-0.15, -0.1) is 0 Å². The van der Waals surface area contributed by atoms with Crippen LogP contribution in [0.3, 0.4) is 0 Å². The number of aromatic nitrogens is 1. The lowest BCUT2D eigenvalue weighted by Gasteiger charge is -2.09. The first kappa shape index (κ1) is 13.6. The van der Waals surface area contributed by atoms with Crippen LogP contribution >= 0.6 is 23.2 Å². The quantitative estimate of drug-likeness (QED) is 0.897. The van der Waals surface area contributed by atoms with E-state index in [2.05, 4.69) is 10.3 Å². The van der Waals surface area contributed by atoms with E-state index in [-0.39, 0.29) is 5.91 Å². The Bertz CT molecular complexity index is 431. The van der Waals surface area contributed by atoms with E-state index in [4.69, 9.17) is 23.2 Å². The molecular weight excluding hydrogens is 271 g/mol. The monoisotopic (exact) mass is 286 g/mol. The molecule has 2 rings (SSSR count). The lowest BCUT2D eigenvalue weighted by atomic mass is 10.0. The van der Waals surface area contributed by atoms with Crippen LogP contribution in [0.1, 0.15) is 38.5 Å². The topological polar surface area (TPSA) is 42.0 Å². The van der Waals surface area contributed by atoms with E-state index in [1.807, 2.05) is 0 Å². The van der Waals surface area contributed by atoms with E-state index < -0.39 is 0 Å². The minimum absolute atomic E-state index is 0.0291. The van der Waals surface area contributed by atoms with Gasteiger partial charge in [-0.3, -0.25) is 4.79 Å². The first-order valence-electron chi connectivity index (χ1n) is 6.26. The number of hydrogen-bond acceptors (Lipinski definition) is 2. The highest BCUT2D eigenvalue weighted by atomic mass is 35.5. The molecule has 0 spiro atoms. The van der Waals surface area contributed by atoms with Crippen LogP contribution in [-0.4, -0.2) is 10.9 Å². The minimum Gasteiger partial charge on any atom is -0.309 e. The van der Waals surface area contributed by atoms with Crippen molar-refractivity contribution >= 4 is 34.9 Å². The molecule has 0 aromatic carbocycles. The van der Waals surface area contributed by atoms with E-state index in [1.165, 1.54) is 31.9 Å². The van der Waals surface area contributed by atoms with Gasteiger partial charge >= 0.3 is 0 Å². The zero-order valence-electron chi connectivity index (χ0n) is 10.1. The summed E-state index contributed by atoms with van der Waals surface area (Å²) in [6.07, 6.45) is 8.08. The van der Waals surface area contributed by atoms with Crippen molar-refractivity contribution in [2.45, 2.75) is 38.5 Å². The van der Waals surface area contributed by atoms with Gasteiger partial charge in [-0.25, -0.2) is 4.98 Å². The molecule has 1 aliphatic rings. The summed E-state index contributed by atoms with van der Waals surface area (Å²) in [6.45, 7) is 0. The Kier molecular flexibility index (Phi) is 4.84. The molecule has 0 aliphatic heterocycles. The number of pyridine rings is 1. The molecular formula is C13H16Cl2N2O.